The summed E-state index contributed by atoms with van der Waals surface area (Å²) in [6.07, 6.45) is 3.08. The SMILES string of the molecule is OC(COc1ccc2c(c1)CCC2)CN1CCN(C(c2ccccc2)c2ccccc2)CC1. The molecule has 0 amide bonds. The summed E-state index contributed by atoms with van der Waals surface area (Å²) in [5, 5.41) is 10.6. The van der Waals surface area contributed by atoms with Gasteiger partial charge >= 0.3 is 0 Å². The second-order valence-corrected chi connectivity index (χ2v) is 9.31. The first-order valence-corrected chi connectivity index (χ1v) is 12.3. The molecule has 1 N–H and O–H groups in total. The molecule has 1 unspecified atom stereocenters. The van der Waals surface area contributed by atoms with Crippen LogP contribution in [0.5, 0.6) is 5.75 Å². The summed E-state index contributed by atoms with van der Waals surface area (Å²) in [7, 11) is 0. The van der Waals surface area contributed by atoms with Crippen molar-refractivity contribution in [1.82, 2.24) is 9.80 Å². The molecule has 172 valence electrons. The molecule has 1 atom stereocenters. The highest BCUT2D eigenvalue weighted by Crippen LogP contribution is 2.29. The molecule has 1 aliphatic carbocycles. The molecule has 3 aromatic carbocycles. The van der Waals surface area contributed by atoms with Gasteiger partial charge in [0.15, 0.2) is 0 Å². The summed E-state index contributed by atoms with van der Waals surface area (Å²) in [4.78, 5) is 4.93. The largest absolute Gasteiger partial charge is 0.491 e. The molecule has 1 heterocycles. The van der Waals surface area contributed by atoms with Crippen LogP contribution in [0.3, 0.4) is 0 Å². The molecule has 3 aromatic rings. The Morgan fingerprint density at radius 1 is 0.758 bits per heavy atom. The van der Waals surface area contributed by atoms with E-state index in [-0.39, 0.29) is 6.04 Å². The van der Waals surface area contributed by atoms with Crippen molar-refractivity contribution in [2.45, 2.75) is 31.4 Å². The Morgan fingerprint density at radius 3 is 2.06 bits per heavy atom. The van der Waals surface area contributed by atoms with Crippen molar-refractivity contribution in [2.75, 3.05) is 39.3 Å². The summed E-state index contributed by atoms with van der Waals surface area (Å²) in [6, 6.07) is 28.2. The quantitative estimate of drug-likeness (QED) is 0.564. The molecule has 33 heavy (non-hydrogen) atoms. The van der Waals surface area contributed by atoms with E-state index in [9.17, 15) is 5.11 Å². The summed E-state index contributed by atoms with van der Waals surface area (Å²) >= 11 is 0. The van der Waals surface area contributed by atoms with Gasteiger partial charge in [0.1, 0.15) is 18.5 Å². The van der Waals surface area contributed by atoms with Crippen molar-refractivity contribution in [3.05, 3.63) is 101 Å². The van der Waals surface area contributed by atoms with Crippen molar-refractivity contribution >= 4 is 0 Å². The number of fused-ring (bicyclic) bond motifs is 1. The first-order valence-electron chi connectivity index (χ1n) is 12.3. The Kier molecular flexibility index (Phi) is 7.06. The summed E-state index contributed by atoms with van der Waals surface area (Å²) in [5.41, 5.74) is 5.52. The third-order valence-corrected chi connectivity index (χ3v) is 6.98. The second kappa shape index (κ2) is 10.5. The molecule has 0 aromatic heterocycles. The highest BCUT2D eigenvalue weighted by molar-refractivity contribution is 5.38. The molecule has 4 heteroatoms. The molecule has 1 aliphatic heterocycles. The minimum atomic E-state index is -0.483. The number of piperazine rings is 1. The fourth-order valence-electron chi connectivity index (χ4n) is 5.27. The average Bonchev–Trinajstić information content (AvgIpc) is 3.33. The number of hydrogen-bond acceptors (Lipinski definition) is 4. The molecular formula is C29H34N2O2. The minimum Gasteiger partial charge on any atom is -0.491 e. The van der Waals surface area contributed by atoms with Crippen LogP contribution in [0.25, 0.3) is 0 Å². The minimum absolute atomic E-state index is 0.266. The maximum Gasteiger partial charge on any atom is 0.119 e. The number of nitrogens with zero attached hydrogens (tertiary/aromatic N) is 2. The van der Waals surface area contributed by atoms with E-state index in [4.69, 9.17) is 4.74 Å². The normalized spacial score (nSPS) is 17.8. The van der Waals surface area contributed by atoms with Crippen LogP contribution in [-0.4, -0.2) is 60.3 Å². The number of hydrogen-bond donors (Lipinski definition) is 1. The van der Waals surface area contributed by atoms with Crippen LogP contribution >= 0.6 is 0 Å². The van der Waals surface area contributed by atoms with Crippen LogP contribution in [0.2, 0.25) is 0 Å². The monoisotopic (exact) mass is 442 g/mol. The van der Waals surface area contributed by atoms with E-state index >= 15 is 0 Å². The van der Waals surface area contributed by atoms with Crippen molar-refractivity contribution in [2.24, 2.45) is 0 Å². The predicted octanol–water partition coefficient (Wildman–Crippen LogP) is 4.32. The van der Waals surface area contributed by atoms with Gasteiger partial charge in [0.25, 0.3) is 0 Å². The van der Waals surface area contributed by atoms with Crippen molar-refractivity contribution < 1.29 is 9.84 Å². The van der Waals surface area contributed by atoms with Gasteiger partial charge in [-0.2, -0.15) is 0 Å². The van der Waals surface area contributed by atoms with Crippen molar-refractivity contribution in [1.29, 1.82) is 0 Å². The van der Waals surface area contributed by atoms with Crippen LogP contribution in [0.1, 0.15) is 34.7 Å². The molecular weight excluding hydrogens is 408 g/mol. The zero-order valence-electron chi connectivity index (χ0n) is 19.3. The van der Waals surface area contributed by atoms with Gasteiger partial charge in [-0.05, 0) is 53.6 Å². The lowest BCUT2D eigenvalue weighted by molar-refractivity contribution is 0.0400. The second-order valence-electron chi connectivity index (χ2n) is 9.31. The highest BCUT2D eigenvalue weighted by Gasteiger charge is 2.27. The van der Waals surface area contributed by atoms with Crippen LogP contribution in [-0.2, 0) is 12.8 Å². The zero-order chi connectivity index (χ0) is 22.5. The maximum absolute atomic E-state index is 10.6. The third kappa shape index (κ3) is 5.47. The standard InChI is InChI=1S/C29H34N2O2/c32-27(22-33-28-15-14-23-12-7-13-26(23)20-28)21-30-16-18-31(19-17-30)29(24-8-3-1-4-9-24)25-10-5-2-6-11-25/h1-6,8-11,14-15,20,27,29,32H,7,12-13,16-19,21-22H2. The molecule has 0 spiro atoms. The summed E-state index contributed by atoms with van der Waals surface area (Å²) < 4.78 is 5.92. The molecule has 0 saturated carbocycles. The van der Waals surface area contributed by atoms with Crippen LogP contribution in [0.4, 0.5) is 0 Å². The molecule has 2 aliphatic rings. The average molecular weight is 443 g/mol. The van der Waals surface area contributed by atoms with Crippen LogP contribution in [0.15, 0.2) is 78.9 Å². The van der Waals surface area contributed by atoms with Gasteiger partial charge in [0.2, 0.25) is 0 Å². The van der Waals surface area contributed by atoms with Gasteiger partial charge in [-0.15, -0.1) is 0 Å². The lowest BCUT2D eigenvalue weighted by Gasteiger charge is -2.40. The zero-order valence-corrected chi connectivity index (χ0v) is 19.3. The van der Waals surface area contributed by atoms with E-state index in [0.29, 0.717) is 13.2 Å². The van der Waals surface area contributed by atoms with E-state index in [1.54, 1.807) is 0 Å². The van der Waals surface area contributed by atoms with E-state index < -0.39 is 6.10 Å². The molecule has 5 rings (SSSR count). The summed E-state index contributed by atoms with van der Waals surface area (Å²) in [5.74, 6) is 0.882. The number of ether oxygens (including phenoxy) is 1. The topological polar surface area (TPSA) is 35.9 Å². The number of rotatable bonds is 8. The first kappa shape index (κ1) is 22.1. The Hall–Kier alpha value is -2.66. The molecule has 1 saturated heterocycles. The van der Waals surface area contributed by atoms with Gasteiger partial charge in [-0.25, -0.2) is 0 Å². The summed E-state index contributed by atoms with van der Waals surface area (Å²) in [6.45, 7) is 4.85. The van der Waals surface area contributed by atoms with Gasteiger partial charge in [0, 0.05) is 32.7 Å². The Bertz CT molecular complexity index is 977. The molecule has 0 bridgehead atoms. The number of aryl methyl sites for hydroxylation is 2. The maximum atomic E-state index is 10.6. The smallest absolute Gasteiger partial charge is 0.119 e. The number of aliphatic hydroxyl groups excluding tert-OH is 1. The number of β-amino-alcohol motifs (C(OH)–C–C–N with tert-alkyl or cyclic N) is 1. The van der Waals surface area contributed by atoms with Gasteiger partial charge in [-0.1, -0.05) is 66.7 Å². The van der Waals surface area contributed by atoms with Crippen LogP contribution in [0, 0.1) is 0 Å². The van der Waals surface area contributed by atoms with E-state index in [1.165, 1.54) is 35.1 Å². The number of aliphatic hydroxyl groups is 1. The van der Waals surface area contributed by atoms with Gasteiger partial charge in [-0.3, -0.25) is 9.80 Å². The molecule has 1 fully saturated rings. The van der Waals surface area contributed by atoms with E-state index in [2.05, 4.69) is 82.6 Å². The Morgan fingerprint density at radius 2 is 1.39 bits per heavy atom. The van der Waals surface area contributed by atoms with E-state index in [0.717, 1.165) is 38.3 Å². The lowest BCUT2D eigenvalue weighted by Crippen LogP contribution is -2.50. The van der Waals surface area contributed by atoms with Gasteiger partial charge < -0.3 is 9.84 Å². The molecule has 4 nitrogen and oxygen atoms in total. The Balaban J connectivity index is 1.14. The Labute approximate surface area is 197 Å². The molecule has 0 radical (unpaired) electrons. The fourth-order valence-corrected chi connectivity index (χ4v) is 5.27. The lowest BCUT2D eigenvalue weighted by atomic mass is 9.96. The van der Waals surface area contributed by atoms with Gasteiger partial charge in [0.05, 0.1) is 6.04 Å². The van der Waals surface area contributed by atoms with Crippen molar-refractivity contribution in [3.8, 4) is 5.75 Å². The predicted molar refractivity (Wildman–Crippen MR) is 133 cm³/mol. The number of benzene rings is 3. The van der Waals surface area contributed by atoms with Crippen molar-refractivity contribution in [3.63, 3.8) is 0 Å². The van der Waals surface area contributed by atoms with Crippen LogP contribution < -0.4 is 4.74 Å². The first-order chi connectivity index (χ1) is 16.3. The fraction of sp³-hybridized carbons (Fsp3) is 0.379. The van der Waals surface area contributed by atoms with E-state index in [1.807, 2.05) is 6.07 Å². The third-order valence-electron chi connectivity index (χ3n) is 6.98. The highest BCUT2D eigenvalue weighted by atomic mass is 16.5.